The van der Waals surface area contributed by atoms with E-state index in [1.54, 1.807) is 12.4 Å². The smallest absolute Gasteiger partial charge is 0.116 e. The molecule has 8 heteroatoms. The van der Waals surface area contributed by atoms with Crippen LogP contribution in [0.3, 0.4) is 0 Å². The highest BCUT2D eigenvalue weighted by Crippen LogP contribution is 2.33. The number of hydrogen-bond acceptors (Lipinski definition) is 6. The fourth-order valence-corrected chi connectivity index (χ4v) is 4.19. The first-order chi connectivity index (χ1) is 16.7. The Morgan fingerprint density at radius 3 is 2.53 bits per heavy atom. The molecule has 0 saturated heterocycles. The van der Waals surface area contributed by atoms with Gasteiger partial charge in [-0.05, 0) is 50.2 Å². The average molecular weight is 447 g/mol. The molecule has 0 spiro atoms. The fourth-order valence-electron chi connectivity index (χ4n) is 4.19. The number of pyridine rings is 4. The van der Waals surface area contributed by atoms with Crippen molar-refractivity contribution in [1.29, 1.82) is 0 Å². The van der Waals surface area contributed by atoms with Gasteiger partial charge in [0.2, 0.25) is 0 Å². The predicted octanol–water partition coefficient (Wildman–Crippen LogP) is 5.45. The van der Waals surface area contributed by atoms with Gasteiger partial charge in [-0.1, -0.05) is 0 Å². The zero-order chi connectivity index (χ0) is 23.1. The summed E-state index contributed by atoms with van der Waals surface area (Å²) in [6.45, 7) is 4.20. The summed E-state index contributed by atoms with van der Waals surface area (Å²) in [6.07, 6.45) is 10.9. The number of H-pyrrole nitrogens is 2. The van der Waals surface area contributed by atoms with Gasteiger partial charge in [0.1, 0.15) is 5.69 Å². The van der Waals surface area contributed by atoms with E-state index in [4.69, 9.17) is 0 Å². The summed E-state index contributed by atoms with van der Waals surface area (Å²) in [4.78, 5) is 21.4. The average Bonchev–Trinajstić information content (AvgIpc) is 3.48. The third kappa shape index (κ3) is 3.55. The number of fused-ring (bicyclic) bond motifs is 2. The Balaban J connectivity index is 1.45. The standard InChI is InChI=1S/C26H22N8/c1-15(2)31-18-8-17(12-28-13-18)22-9-20-24(14-30-22)33-34-26(20)23-10-19-21(32-23)5-7-29-25(19)16-4-3-6-27-11-16/h3-15,31-32H,1-2H3,(H,33,34). The molecule has 0 saturated carbocycles. The lowest BCUT2D eigenvalue weighted by molar-refractivity contribution is 0.898. The van der Waals surface area contributed by atoms with E-state index >= 15 is 0 Å². The van der Waals surface area contributed by atoms with Gasteiger partial charge in [0.15, 0.2) is 0 Å². The van der Waals surface area contributed by atoms with Crippen molar-refractivity contribution in [1.82, 2.24) is 35.1 Å². The van der Waals surface area contributed by atoms with Crippen molar-refractivity contribution in [2.45, 2.75) is 19.9 Å². The number of aromatic nitrogens is 7. The summed E-state index contributed by atoms with van der Waals surface area (Å²) >= 11 is 0. The minimum atomic E-state index is 0.320. The molecule has 0 unspecified atom stereocenters. The van der Waals surface area contributed by atoms with E-state index in [2.05, 4.69) is 72.5 Å². The molecular formula is C26H22N8. The summed E-state index contributed by atoms with van der Waals surface area (Å²) in [7, 11) is 0. The zero-order valence-electron chi connectivity index (χ0n) is 18.7. The minimum Gasteiger partial charge on any atom is -0.382 e. The molecule has 0 amide bonds. The zero-order valence-corrected chi connectivity index (χ0v) is 18.7. The van der Waals surface area contributed by atoms with Crippen LogP contribution in [-0.2, 0) is 0 Å². The quantitative estimate of drug-likeness (QED) is 0.325. The van der Waals surface area contributed by atoms with Crippen LogP contribution in [0.1, 0.15) is 13.8 Å². The topological polar surface area (TPSA) is 108 Å². The third-order valence-corrected chi connectivity index (χ3v) is 5.67. The number of hydrogen-bond donors (Lipinski definition) is 3. The molecule has 0 aliphatic carbocycles. The van der Waals surface area contributed by atoms with E-state index in [1.165, 1.54) is 0 Å². The lowest BCUT2D eigenvalue weighted by atomic mass is 10.1. The van der Waals surface area contributed by atoms with Gasteiger partial charge in [-0.25, -0.2) is 0 Å². The van der Waals surface area contributed by atoms with E-state index in [0.29, 0.717) is 6.04 Å². The van der Waals surface area contributed by atoms with Crippen LogP contribution < -0.4 is 5.32 Å². The van der Waals surface area contributed by atoms with Gasteiger partial charge in [0.05, 0.1) is 34.5 Å². The number of anilines is 1. The van der Waals surface area contributed by atoms with E-state index in [1.807, 2.05) is 43.0 Å². The van der Waals surface area contributed by atoms with Gasteiger partial charge in [0, 0.05) is 64.4 Å². The molecule has 8 nitrogen and oxygen atoms in total. The fraction of sp³-hybridized carbons (Fsp3) is 0.115. The summed E-state index contributed by atoms with van der Waals surface area (Å²) < 4.78 is 0. The van der Waals surface area contributed by atoms with Gasteiger partial charge in [-0.3, -0.25) is 25.0 Å². The van der Waals surface area contributed by atoms with Gasteiger partial charge in [-0.2, -0.15) is 5.10 Å². The van der Waals surface area contributed by atoms with Gasteiger partial charge in [0.25, 0.3) is 0 Å². The Kier molecular flexibility index (Phi) is 4.76. The Bertz CT molecular complexity index is 1610. The highest BCUT2D eigenvalue weighted by molar-refractivity contribution is 6.00. The molecule has 3 N–H and O–H groups in total. The number of nitrogens with one attached hydrogen (secondary N) is 3. The van der Waals surface area contributed by atoms with Crippen LogP contribution in [0.5, 0.6) is 0 Å². The van der Waals surface area contributed by atoms with Crippen LogP contribution in [0.15, 0.2) is 73.6 Å². The number of rotatable bonds is 5. The molecule has 0 bridgehead atoms. The van der Waals surface area contributed by atoms with Crippen LogP contribution in [0.25, 0.3) is 55.7 Å². The molecule has 6 rings (SSSR count). The van der Waals surface area contributed by atoms with Crippen LogP contribution in [0.2, 0.25) is 0 Å². The molecule has 0 fully saturated rings. The van der Waals surface area contributed by atoms with Crippen molar-refractivity contribution >= 4 is 27.5 Å². The van der Waals surface area contributed by atoms with Crippen molar-refractivity contribution < 1.29 is 0 Å². The summed E-state index contributed by atoms with van der Waals surface area (Å²) in [5.74, 6) is 0. The molecule has 0 atom stereocenters. The normalized spacial score (nSPS) is 11.5. The maximum absolute atomic E-state index is 4.63. The van der Waals surface area contributed by atoms with Crippen molar-refractivity contribution in [3.05, 3.63) is 73.6 Å². The molecule has 0 radical (unpaired) electrons. The Labute approximate surface area is 195 Å². The first-order valence-electron chi connectivity index (χ1n) is 11.1. The van der Waals surface area contributed by atoms with E-state index in [9.17, 15) is 0 Å². The molecular weight excluding hydrogens is 424 g/mol. The monoisotopic (exact) mass is 446 g/mol. The second-order valence-electron chi connectivity index (χ2n) is 8.49. The molecule has 0 aliphatic heterocycles. The van der Waals surface area contributed by atoms with Crippen LogP contribution >= 0.6 is 0 Å². The Morgan fingerprint density at radius 1 is 0.794 bits per heavy atom. The van der Waals surface area contributed by atoms with Crippen molar-refractivity contribution in [2.75, 3.05) is 5.32 Å². The SMILES string of the molecule is CC(C)Nc1cncc(-c2cc3c(-c4cc5c(-c6cccnc6)nccc5[nH]4)n[nH]c3cn2)c1. The highest BCUT2D eigenvalue weighted by Gasteiger charge is 2.15. The molecule has 0 aliphatic rings. The Morgan fingerprint density at radius 2 is 1.68 bits per heavy atom. The van der Waals surface area contributed by atoms with Crippen LogP contribution in [0, 0.1) is 0 Å². The first-order valence-corrected chi connectivity index (χ1v) is 11.1. The van der Waals surface area contributed by atoms with Crippen LogP contribution in [-0.4, -0.2) is 41.2 Å². The third-order valence-electron chi connectivity index (χ3n) is 5.67. The maximum Gasteiger partial charge on any atom is 0.116 e. The Hall–Kier alpha value is -4.59. The van der Waals surface area contributed by atoms with E-state index in [-0.39, 0.29) is 0 Å². The predicted molar refractivity (Wildman–Crippen MR) is 134 cm³/mol. The lowest BCUT2D eigenvalue weighted by Gasteiger charge is -2.10. The van der Waals surface area contributed by atoms with Gasteiger partial charge in [-0.15, -0.1) is 0 Å². The summed E-state index contributed by atoms with van der Waals surface area (Å²) in [5.41, 5.74) is 8.20. The molecule has 34 heavy (non-hydrogen) atoms. The molecule has 6 heterocycles. The molecule has 6 aromatic rings. The summed E-state index contributed by atoms with van der Waals surface area (Å²) in [6, 6.07) is 12.4. The van der Waals surface area contributed by atoms with E-state index in [0.717, 1.165) is 61.4 Å². The van der Waals surface area contributed by atoms with E-state index < -0.39 is 0 Å². The van der Waals surface area contributed by atoms with Gasteiger partial charge < -0.3 is 10.3 Å². The van der Waals surface area contributed by atoms with Crippen LogP contribution in [0.4, 0.5) is 5.69 Å². The highest BCUT2D eigenvalue weighted by atomic mass is 15.1. The minimum absolute atomic E-state index is 0.320. The second-order valence-corrected chi connectivity index (χ2v) is 8.49. The largest absolute Gasteiger partial charge is 0.382 e. The molecule has 6 aromatic heterocycles. The first kappa shape index (κ1) is 20.0. The second kappa shape index (κ2) is 8.08. The van der Waals surface area contributed by atoms with Gasteiger partial charge >= 0.3 is 0 Å². The summed E-state index contributed by atoms with van der Waals surface area (Å²) in [5, 5.41) is 13.1. The molecule has 166 valence electrons. The van der Waals surface area contributed by atoms with Crippen molar-refractivity contribution in [3.8, 4) is 33.9 Å². The maximum atomic E-state index is 4.63. The molecule has 0 aromatic carbocycles. The van der Waals surface area contributed by atoms with Crippen molar-refractivity contribution in [3.63, 3.8) is 0 Å². The number of nitrogens with zero attached hydrogens (tertiary/aromatic N) is 5. The van der Waals surface area contributed by atoms with Crippen molar-refractivity contribution in [2.24, 2.45) is 0 Å². The number of aromatic amines is 2. The lowest BCUT2D eigenvalue weighted by Crippen LogP contribution is -2.09.